The SMILES string of the molecule is O=C(NC(C(=O)O)c1c(F)cccc1F)OCc1ccccc1. The highest BCUT2D eigenvalue weighted by Crippen LogP contribution is 2.21. The zero-order valence-electron chi connectivity index (χ0n) is 11.8. The van der Waals surface area contributed by atoms with Gasteiger partial charge in [0.25, 0.3) is 0 Å². The van der Waals surface area contributed by atoms with Gasteiger partial charge in [-0.1, -0.05) is 36.4 Å². The molecule has 5 nitrogen and oxygen atoms in total. The van der Waals surface area contributed by atoms with Gasteiger partial charge in [0.2, 0.25) is 0 Å². The molecule has 0 spiro atoms. The molecule has 23 heavy (non-hydrogen) atoms. The van der Waals surface area contributed by atoms with E-state index < -0.39 is 35.3 Å². The van der Waals surface area contributed by atoms with Gasteiger partial charge in [-0.15, -0.1) is 0 Å². The zero-order chi connectivity index (χ0) is 16.8. The number of carboxylic acids is 1. The summed E-state index contributed by atoms with van der Waals surface area (Å²) in [5.74, 6) is -3.74. The normalized spacial score (nSPS) is 11.6. The number of carboxylic acid groups (broad SMARTS) is 1. The predicted molar refractivity (Wildman–Crippen MR) is 76.5 cm³/mol. The summed E-state index contributed by atoms with van der Waals surface area (Å²) in [7, 11) is 0. The first kappa shape index (κ1) is 16.4. The Bertz CT molecular complexity index is 686. The fraction of sp³-hybridized carbons (Fsp3) is 0.125. The first-order valence-electron chi connectivity index (χ1n) is 6.63. The third kappa shape index (κ3) is 4.26. The van der Waals surface area contributed by atoms with Gasteiger partial charge in [-0.25, -0.2) is 18.4 Å². The monoisotopic (exact) mass is 321 g/mol. The number of nitrogens with one attached hydrogen (secondary N) is 1. The van der Waals surface area contributed by atoms with Gasteiger partial charge in [0.15, 0.2) is 6.04 Å². The average Bonchev–Trinajstić information content (AvgIpc) is 2.52. The Balaban J connectivity index is 2.08. The Morgan fingerprint density at radius 1 is 1.04 bits per heavy atom. The molecule has 2 aromatic carbocycles. The largest absolute Gasteiger partial charge is 0.479 e. The molecule has 0 aliphatic heterocycles. The number of halogens is 2. The Morgan fingerprint density at radius 3 is 2.22 bits per heavy atom. The Kier molecular flexibility index (Phi) is 5.24. The molecule has 1 amide bonds. The molecule has 0 fully saturated rings. The maximum atomic E-state index is 13.7. The van der Waals surface area contributed by atoms with Crippen molar-refractivity contribution in [3.05, 3.63) is 71.3 Å². The quantitative estimate of drug-likeness (QED) is 0.887. The van der Waals surface area contributed by atoms with Crippen molar-refractivity contribution in [1.29, 1.82) is 0 Å². The molecule has 0 saturated carbocycles. The van der Waals surface area contributed by atoms with Crippen LogP contribution in [0, 0.1) is 11.6 Å². The lowest BCUT2D eigenvalue weighted by Gasteiger charge is -2.16. The summed E-state index contributed by atoms with van der Waals surface area (Å²) in [5, 5.41) is 11.1. The van der Waals surface area contributed by atoms with Crippen LogP contribution < -0.4 is 5.32 Å². The van der Waals surface area contributed by atoms with Gasteiger partial charge < -0.3 is 15.2 Å². The highest BCUT2D eigenvalue weighted by Gasteiger charge is 2.28. The van der Waals surface area contributed by atoms with Crippen LogP contribution in [0.4, 0.5) is 13.6 Å². The maximum absolute atomic E-state index is 13.7. The molecule has 0 bridgehead atoms. The minimum Gasteiger partial charge on any atom is -0.479 e. The van der Waals surface area contributed by atoms with Crippen LogP contribution in [0.5, 0.6) is 0 Å². The Morgan fingerprint density at radius 2 is 1.65 bits per heavy atom. The highest BCUT2D eigenvalue weighted by molar-refractivity contribution is 5.81. The van der Waals surface area contributed by atoms with E-state index in [1.165, 1.54) is 0 Å². The van der Waals surface area contributed by atoms with Crippen LogP contribution >= 0.6 is 0 Å². The summed E-state index contributed by atoms with van der Waals surface area (Å²) in [5.41, 5.74) is -0.0664. The smallest absolute Gasteiger partial charge is 0.408 e. The van der Waals surface area contributed by atoms with Crippen molar-refractivity contribution < 1.29 is 28.2 Å². The molecular formula is C16H13F2NO4. The van der Waals surface area contributed by atoms with Gasteiger partial charge >= 0.3 is 12.1 Å². The van der Waals surface area contributed by atoms with Crippen LogP contribution in [0.3, 0.4) is 0 Å². The van der Waals surface area contributed by atoms with E-state index in [2.05, 4.69) is 0 Å². The van der Waals surface area contributed by atoms with E-state index in [-0.39, 0.29) is 6.61 Å². The minimum atomic E-state index is -1.89. The number of hydrogen-bond donors (Lipinski definition) is 2. The number of carbonyl (C=O) groups excluding carboxylic acids is 1. The number of rotatable bonds is 5. The zero-order valence-corrected chi connectivity index (χ0v) is 11.8. The van der Waals surface area contributed by atoms with Gasteiger partial charge in [-0.05, 0) is 17.7 Å². The summed E-state index contributed by atoms with van der Waals surface area (Å²) in [6, 6.07) is 9.70. The molecule has 0 aromatic heterocycles. The summed E-state index contributed by atoms with van der Waals surface area (Å²) in [4.78, 5) is 22.9. The molecule has 0 heterocycles. The summed E-state index contributed by atoms with van der Waals surface area (Å²) >= 11 is 0. The second-order valence-electron chi connectivity index (χ2n) is 4.61. The van der Waals surface area contributed by atoms with Crippen molar-refractivity contribution >= 4 is 12.1 Å². The molecule has 2 N–H and O–H groups in total. The van der Waals surface area contributed by atoms with Crippen molar-refractivity contribution in [2.75, 3.05) is 0 Å². The molecular weight excluding hydrogens is 308 g/mol. The van der Waals surface area contributed by atoms with Crippen LogP contribution in [0.25, 0.3) is 0 Å². The lowest BCUT2D eigenvalue weighted by molar-refractivity contribution is -0.139. The summed E-state index contributed by atoms with van der Waals surface area (Å²) < 4.78 is 32.2. The van der Waals surface area contributed by atoms with Gasteiger partial charge in [-0.3, -0.25) is 0 Å². The van der Waals surface area contributed by atoms with Crippen LogP contribution in [-0.4, -0.2) is 17.2 Å². The van der Waals surface area contributed by atoms with Crippen LogP contribution in [-0.2, 0) is 16.1 Å². The number of ether oxygens (including phenoxy) is 1. The van der Waals surface area contributed by atoms with E-state index in [9.17, 15) is 18.4 Å². The van der Waals surface area contributed by atoms with Gasteiger partial charge in [-0.2, -0.15) is 0 Å². The van der Waals surface area contributed by atoms with Gasteiger partial charge in [0.1, 0.15) is 18.2 Å². The van der Waals surface area contributed by atoms with E-state index in [0.29, 0.717) is 5.56 Å². The lowest BCUT2D eigenvalue weighted by Crippen LogP contribution is -2.35. The first-order chi connectivity index (χ1) is 11.0. The topological polar surface area (TPSA) is 75.6 Å². The van der Waals surface area contributed by atoms with Crippen molar-refractivity contribution in [1.82, 2.24) is 5.32 Å². The standard InChI is InChI=1S/C16H13F2NO4/c17-11-7-4-8-12(18)13(11)14(15(20)21)19-16(22)23-9-10-5-2-1-3-6-10/h1-8,14H,9H2,(H,19,22)(H,20,21). The van der Waals surface area contributed by atoms with Crippen LogP contribution in [0.1, 0.15) is 17.2 Å². The predicted octanol–water partition coefficient (Wildman–Crippen LogP) is 3.02. The summed E-state index contributed by atoms with van der Waals surface area (Å²) in [6.07, 6.45) is -1.09. The minimum absolute atomic E-state index is 0.0984. The van der Waals surface area contributed by atoms with E-state index >= 15 is 0 Å². The van der Waals surface area contributed by atoms with Crippen molar-refractivity contribution in [2.45, 2.75) is 12.6 Å². The van der Waals surface area contributed by atoms with E-state index in [0.717, 1.165) is 18.2 Å². The van der Waals surface area contributed by atoms with E-state index in [1.54, 1.807) is 30.3 Å². The second kappa shape index (κ2) is 7.35. The van der Waals surface area contributed by atoms with Gasteiger partial charge in [0.05, 0.1) is 5.56 Å². The molecule has 2 rings (SSSR count). The van der Waals surface area contributed by atoms with E-state index in [4.69, 9.17) is 9.84 Å². The molecule has 7 heteroatoms. The van der Waals surface area contributed by atoms with Crippen molar-refractivity contribution in [3.63, 3.8) is 0 Å². The maximum Gasteiger partial charge on any atom is 0.408 e. The van der Waals surface area contributed by atoms with Crippen molar-refractivity contribution in [3.8, 4) is 0 Å². The van der Waals surface area contributed by atoms with E-state index in [1.807, 2.05) is 5.32 Å². The molecule has 120 valence electrons. The fourth-order valence-electron chi connectivity index (χ4n) is 1.93. The van der Waals surface area contributed by atoms with Crippen LogP contribution in [0.2, 0.25) is 0 Å². The molecule has 0 aliphatic carbocycles. The summed E-state index contributed by atoms with van der Waals surface area (Å²) in [6.45, 7) is -0.0984. The number of benzene rings is 2. The van der Waals surface area contributed by atoms with Gasteiger partial charge in [0, 0.05) is 0 Å². The molecule has 2 aromatic rings. The third-order valence-corrected chi connectivity index (χ3v) is 3.01. The molecule has 0 radical (unpaired) electrons. The third-order valence-electron chi connectivity index (χ3n) is 3.01. The first-order valence-corrected chi connectivity index (χ1v) is 6.63. The van der Waals surface area contributed by atoms with Crippen LogP contribution in [0.15, 0.2) is 48.5 Å². The van der Waals surface area contributed by atoms with Crippen molar-refractivity contribution in [2.24, 2.45) is 0 Å². The lowest BCUT2D eigenvalue weighted by atomic mass is 10.1. The molecule has 1 atom stereocenters. The molecule has 0 saturated heterocycles. The number of carbonyl (C=O) groups is 2. The number of amides is 1. The second-order valence-corrected chi connectivity index (χ2v) is 4.61. The number of alkyl carbamates (subject to hydrolysis) is 1. The Hall–Kier alpha value is -2.96. The number of aliphatic carboxylic acids is 1. The Labute approximate surface area is 130 Å². The average molecular weight is 321 g/mol. The molecule has 0 aliphatic rings. The molecule has 1 unspecified atom stereocenters. The number of hydrogen-bond acceptors (Lipinski definition) is 3. The highest BCUT2D eigenvalue weighted by atomic mass is 19.1. The fourth-order valence-corrected chi connectivity index (χ4v) is 1.93.